The van der Waals surface area contributed by atoms with E-state index >= 15 is 0 Å². The monoisotopic (exact) mass is 434 g/mol. The van der Waals surface area contributed by atoms with E-state index in [9.17, 15) is 4.79 Å². The maximum Gasteiger partial charge on any atom is 0.226 e. The molecule has 4 rings (SSSR count). The van der Waals surface area contributed by atoms with E-state index in [4.69, 9.17) is 11.6 Å². The van der Waals surface area contributed by atoms with E-state index in [1.54, 1.807) is 0 Å². The number of hydrogen-bond donors (Lipinski definition) is 0. The molecule has 3 aromatic rings. The Hall–Kier alpha value is -2.39. The molecule has 1 aromatic heterocycles. The number of carbonyl (C=O) groups is 1. The molecule has 1 saturated carbocycles. The number of fused-ring (bicyclic) bond motifs is 1. The zero-order valence-electron chi connectivity index (χ0n) is 18.7. The minimum absolute atomic E-state index is 0.121. The van der Waals surface area contributed by atoms with Gasteiger partial charge in [0, 0.05) is 30.0 Å². The molecule has 0 N–H and O–H groups in total. The largest absolute Gasteiger partial charge is 0.334 e. The van der Waals surface area contributed by atoms with Gasteiger partial charge in [-0.3, -0.25) is 4.79 Å². The van der Waals surface area contributed by atoms with Gasteiger partial charge in [0.25, 0.3) is 0 Å². The second-order valence-corrected chi connectivity index (χ2v) is 9.46. The van der Waals surface area contributed by atoms with Crippen molar-refractivity contribution in [2.45, 2.75) is 66.0 Å². The molecule has 0 aliphatic heterocycles. The summed E-state index contributed by atoms with van der Waals surface area (Å²) in [6.07, 6.45) is 5.51. The molecule has 4 heteroatoms. The average Bonchev–Trinajstić information content (AvgIpc) is 2.76. The molecule has 3 nitrogen and oxygen atoms in total. The number of halogens is 1. The molecule has 1 amide bonds. The van der Waals surface area contributed by atoms with E-state index in [1.165, 1.54) is 17.5 Å². The van der Waals surface area contributed by atoms with Gasteiger partial charge in [-0.1, -0.05) is 72.3 Å². The van der Waals surface area contributed by atoms with Crippen molar-refractivity contribution in [3.05, 3.63) is 75.4 Å². The lowest BCUT2D eigenvalue weighted by Gasteiger charge is -2.30. The van der Waals surface area contributed by atoms with Crippen molar-refractivity contribution in [1.82, 2.24) is 9.88 Å². The van der Waals surface area contributed by atoms with Crippen LogP contribution in [-0.2, 0) is 17.9 Å². The Labute approximate surface area is 190 Å². The number of amides is 1. The second-order valence-electron chi connectivity index (χ2n) is 9.11. The third-order valence-electron chi connectivity index (χ3n) is 6.40. The Morgan fingerprint density at radius 3 is 2.39 bits per heavy atom. The molecule has 1 aliphatic carbocycles. The standard InChI is InChI=1S/C27H31ClN2O/c1-18-9-11-21(12-10-18)16-30(27(31)22-7-5-4-6-8-22)17-24-15-23-14-19(2)13-20(3)25(23)29-26(24)28/h9-15,22H,4-8,16-17H2,1-3H3. The van der Waals surface area contributed by atoms with Crippen molar-refractivity contribution in [3.63, 3.8) is 0 Å². The molecule has 2 aromatic carbocycles. The van der Waals surface area contributed by atoms with Crippen LogP contribution in [0.5, 0.6) is 0 Å². The average molecular weight is 435 g/mol. The van der Waals surface area contributed by atoms with Crippen LogP contribution in [0.4, 0.5) is 0 Å². The van der Waals surface area contributed by atoms with Crippen molar-refractivity contribution >= 4 is 28.4 Å². The SMILES string of the molecule is Cc1ccc(CN(Cc2cc3cc(C)cc(C)c3nc2Cl)C(=O)C2CCCCC2)cc1. The van der Waals surface area contributed by atoms with Gasteiger partial charge >= 0.3 is 0 Å². The first-order valence-electron chi connectivity index (χ1n) is 11.3. The van der Waals surface area contributed by atoms with E-state index in [-0.39, 0.29) is 11.8 Å². The van der Waals surface area contributed by atoms with Gasteiger partial charge in [0.1, 0.15) is 5.15 Å². The number of pyridine rings is 1. The van der Waals surface area contributed by atoms with Crippen LogP contribution in [0.25, 0.3) is 10.9 Å². The predicted octanol–water partition coefficient (Wildman–Crippen LogP) is 6.92. The summed E-state index contributed by atoms with van der Waals surface area (Å²) in [7, 11) is 0. The third-order valence-corrected chi connectivity index (χ3v) is 6.73. The zero-order chi connectivity index (χ0) is 22.0. The highest BCUT2D eigenvalue weighted by Gasteiger charge is 2.27. The number of benzene rings is 2. The van der Waals surface area contributed by atoms with Crippen molar-refractivity contribution in [1.29, 1.82) is 0 Å². The predicted molar refractivity (Wildman–Crippen MR) is 128 cm³/mol. The van der Waals surface area contributed by atoms with E-state index in [0.29, 0.717) is 18.2 Å². The van der Waals surface area contributed by atoms with Gasteiger partial charge in [0.15, 0.2) is 0 Å². The van der Waals surface area contributed by atoms with Gasteiger partial charge < -0.3 is 4.90 Å². The molecule has 0 unspecified atom stereocenters. The molecular weight excluding hydrogens is 404 g/mol. The van der Waals surface area contributed by atoms with E-state index in [1.807, 2.05) is 4.90 Å². The maximum absolute atomic E-state index is 13.5. The highest BCUT2D eigenvalue weighted by atomic mass is 35.5. The quantitative estimate of drug-likeness (QED) is 0.408. The van der Waals surface area contributed by atoms with Crippen LogP contribution in [0.1, 0.15) is 59.9 Å². The van der Waals surface area contributed by atoms with E-state index in [2.05, 4.69) is 68.2 Å². The summed E-state index contributed by atoms with van der Waals surface area (Å²) in [4.78, 5) is 20.2. The molecule has 31 heavy (non-hydrogen) atoms. The number of aromatic nitrogens is 1. The summed E-state index contributed by atoms with van der Waals surface area (Å²) in [5.74, 6) is 0.368. The minimum Gasteiger partial charge on any atom is -0.334 e. The first-order chi connectivity index (χ1) is 14.9. The summed E-state index contributed by atoms with van der Waals surface area (Å²) < 4.78 is 0. The molecule has 1 fully saturated rings. The number of hydrogen-bond acceptors (Lipinski definition) is 2. The summed E-state index contributed by atoms with van der Waals surface area (Å²) in [6.45, 7) is 7.32. The van der Waals surface area contributed by atoms with Gasteiger partial charge in [-0.15, -0.1) is 0 Å². The van der Waals surface area contributed by atoms with Gasteiger partial charge in [-0.05, 0) is 56.9 Å². The number of carbonyl (C=O) groups excluding carboxylic acids is 1. The van der Waals surface area contributed by atoms with Crippen LogP contribution in [0, 0.1) is 26.7 Å². The molecule has 162 valence electrons. The Morgan fingerprint density at radius 1 is 0.968 bits per heavy atom. The molecule has 0 saturated heterocycles. The minimum atomic E-state index is 0.121. The van der Waals surface area contributed by atoms with Crippen LogP contribution >= 0.6 is 11.6 Å². The first kappa shape index (κ1) is 21.8. The molecular formula is C27H31ClN2O. The van der Waals surface area contributed by atoms with Crippen molar-refractivity contribution in [3.8, 4) is 0 Å². The van der Waals surface area contributed by atoms with Crippen molar-refractivity contribution in [2.24, 2.45) is 5.92 Å². The maximum atomic E-state index is 13.5. The lowest BCUT2D eigenvalue weighted by Crippen LogP contribution is -2.36. The van der Waals surface area contributed by atoms with Gasteiger partial charge in [-0.25, -0.2) is 4.98 Å². The Kier molecular flexibility index (Phi) is 6.62. The fourth-order valence-electron chi connectivity index (χ4n) is 4.72. The van der Waals surface area contributed by atoms with Crippen LogP contribution in [-0.4, -0.2) is 15.8 Å². The van der Waals surface area contributed by atoms with Crippen LogP contribution in [0.3, 0.4) is 0 Å². The van der Waals surface area contributed by atoms with Crippen LogP contribution in [0.2, 0.25) is 5.15 Å². The van der Waals surface area contributed by atoms with Crippen molar-refractivity contribution in [2.75, 3.05) is 0 Å². The Balaban J connectivity index is 1.66. The topological polar surface area (TPSA) is 33.2 Å². The third kappa shape index (κ3) is 5.10. The molecule has 0 spiro atoms. The summed E-state index contributed by atoms with van der Waals surface area (Å²) in [5, 5.41) is 1.57. The van der Waals surface area contributed by atoms with Gasteiger partial charge in [0.2, 0.25) is 5.91 Å². The lowest BCUT2D eigenvalue weighted by atomic mass is 9.88. The highest BCUT2D eigenvalue weighted by Crippen LogP contribution is 2.29. The van der Waals surface area contributed by atoms with Crippen LogP contribution in [0.15, 0.2) is 42.5 Å². The number of aryl methyl sites for hydroxylation is 3. The fourth-order valence-corrected chi connectivity index (χ4v) is 4.92. The smallest absolute Gasteiger partial charge is 0.226 e. The second kappa shape index (κ2) is 9.40. The lowest BCUT2D eigenvalue weighted by molar-refractivity contribution is -0.137. The molecule has 1 aliphatic rings. The molecule has 0 radical (unpaired) electrons. The number of rotatable bonds is 5. The highest BCUT2D eigenvalue weighted by molar-refractivity contribution is 6.30. The summed E-state index contributed by atoms with van der Waals surface area (Å²) in [6, 6.07) is 14.8. The normalized spacial score (nSPS) is 14.7. The molecule has 0 bridgehead atoms. The summed E-state index contributed by atoms with van der Waals surface area (Å²) in [5.41, 5.74) is 6.54. The number of nitrogens with zero attached hydrogens (tertiary/aromatic N) is 2. The molecule has 1 heterocycles. The van der Waals surface area contributed by atoms with Gasteiger partial charge in [-0.2, -0.15) is 0 Å². The van der Waals surface area contributed by atoms with Crippen LogP contribution < -0.4 is 0 Å². The van der Waals surface area contributed by atoms with E-state index in [0.717, 1.165) is 53.3 Å². The summed E-state index contributed by atoms with van der Waals surface area (Å²) >= 11 is 6.62. The zero-order valence-corrected chi connectivity index (χ0v) is 19.5. The molecule has 0 atom stereocenters. The van der Waals surface area contributed by atoms with Gasteiger partial charge in [0.05, 0.1) is 5.52 Å². The van der Waals surface area contributed by atoms with E-state index < -0.39 is 0 Å². The van der Waals surface area contributed by atoms with Crippen molar-refractivity contribution < 1.29 is 4.79 Å². The Bertz CT molecular complexity index is 1080. The Morgan fingerprint density at radius 2 is 1.68 bits per heavy atom. The first-order valence-corrected chi connectivity index (χ1v) is 11.7. The fraction of sp³-hybridized carbons (Fsp3) is 0.407.